The van der Waals surface area contributed by atoms with E-state index < -0.39 is 0 Å². The van der Waals surface area contributed by atoms with E-state index in [-0.39, 0.29) is 5.92 Å². The van der Waals surface area contributed by atoms with Crippen LogP contribution >= 0.6 is 0 Å². The number of para-hydroxylation sites is 1. The maximum Gasteiger partial charge on any atom is 0.169 e. The zero-order chi connectivity index (χ0) is 15.1. The van der Waals surface area contributed by atoms with Crippen LogP contribution in [0.25, 0.3) is 10.9 Å². The summed E-state index contributed by atoms with van der Waals surface area (Å²) in [6, 6.07) is 8.21. The van der Waals surface area contributed by atoms with Gasteiger partial charge in [0, 0.05) is 41.2 Å². The summed E-state index contributed by atoms with van der Waals surface area (Å²) < 4.78 is 0. The molecule has 2 atom stereocenters. The van der Waals surface area contributed by atoms with Gasteiger partial charge in [0.2, 0.25) is 0 Å². The summed E-state index contributed by atoms with van der Waals surface area (Å²) in [4.78, 5) is 19.0. The third-order valence-electron chi connectivity index (χ3n) is 5.36. The molecule has 1 aromatic carbocycles. The molecule has 0 bridgehead atoms. The number of carbonyl (C=O) groups excluding carboxylic acids is 1. The van der Waals surface area contributed by atoms with Crippen LogP contribution in [-0.4, -0.2) is 35.3 Å². The molecule has 1 aromatic heterocycles. The van der Waals surface area contributed by atoms with Gasteiger partial charge >= 0.3 is 0 Å². The average molecular weight is 296 g/mol. The number of nitrogens with one attached hydrogen (secondary N) is 1. The maximum absolute atomic E-state index is 13.0. The van der Waals surface area contributed by atoms with E-state index >= 15 is 0 Å². The molecule has 1 saturated heterocycles. The molecule has 2 aliphatic rings. The number of benzene rings is 1. The van der Waals surface area contributed by atoms with Crippen molar-refractivity contribution in [2.45, 2.75) is 32.6 Å². The van der Waals surface area contributed by atoms with Crippen LogP contribution in [0.15, 0.2) is 24.3 Å². The van der Waals surface area contributed by atoms with Gasteiger partial charge in [-0.1, -0.05) is 25.1 Å². The topological polar surface area (TPSA) is 36.1 Å². The summed E-state index contributed by atoms with van der Waals surface area (Å²) in [5, 5.41) is 1.11. The number of carbonyl (C=O) groups is 1. The smallest absolute Gasteiger partial charge is 0.169 e. The van der Waals surface area contributed by atoms with Gasteiger partial charge in [0.1, 0.15) is 0 Å². The molecule has 2 unspecified atom stereocenters. The van der Waals surface area contributed by atoms with Crippen molar-refractivity contribution in [3.8, 4) is 0 Å². The van der Waals surface area contributed by atoms with E-state index in [2.05, 4.69) is 28.9 Å². The fourth-order valence-corrected chi connectivity index (χ4v) is 4.26. The van der Waals surface area contributed by atoms with E-state index in [0.717, 1.165) is 60.6 Å². The molecule has 0 radical (unpaired) electrons. The number of ketones is 1. The quantitative estimate of drug-likeness (QED) is 0.918. The third-order valence-corrected chi connectivity index (χ3v) is 5.36. The number of rotatable bonds is 2. The summed E-state index contributed by atoms with van der Waals surface area (Å²) in [5.41, 5.74) is 3.22. The average Bonchev–Trinajstić information content (AvgIpc) is 2.89. The van der Waals surface area contributed by atoms with E-state index in [4.69, 9.17) is 0 Å². The Kier molecular flexibility index (Phi) is 3.53. The molecular weight excluding hydrogens is 272 g/mol. The fourth-order valence-electron chi connectivity index (χ4n) is 4.26. The number of fused-ring (bicyclic) bond motifs is 3. The number of piperidine rings is 1. The molecule has 22 heavy (non-hydrogen) atoms. The summed E-state index contributed by atoms with van der Waals surface area (Å²) >= 11 is 0. The number of aromatic amines is 1. The minimum Gasteiger partial charge on any atom is -0.358 e. The van der Waals surface area contributed by atoms with Crippen LogP contribution in [0.1, 0.15) is 42.2 Å². The Bertz CT molecular complexity index is 703. The van der Waals surface area contributed by atoms with E-state index in [0.29, 0.717) is 5.78 Å². The van der Waals surface area contributed by atoms with Crippen molar-refractivity contribution in [1.82, 2.24) is 9.88 Å². The zero-order valence-corrected chi connectivity index (χ0v) is 13.3. The highest BCUT2D eigenvalue weighted by molar-refractivity contribution is 6.11. The Morgan fingerprint density at radius 1 is 1.27 bits per heavy atom. The van der Waals surface area contributed by atoms with E-state index in [1.807, 2.05) is 12.1 Å². The molecule has 1 N–H and O–H groups in total. The number of hydrogen-bond donors (Lipinski definition) is 1. The van der Waals surface area contributed by atoms with Crippen molar-refractivity contribution in [3.63, 3.8) is 0 Å². The predicted molar refractivity (Wildman–Crippen MR) is 89.3 cm³/mol. The van der Waals surface area contributed by atoms with Crippen LogP contribution in [0.5, 0.6) is 0 Å². The van der Waals surface area contributed by atoms with Crippen molar-refractivity contribution in [2.24, 2.45) is 11.8 Å². The van der Waals surface area contributed by atoms with Gasteiger partial charge in [0.05, 0.1) is 0 Å². The first kappa shape index (κ1) is 14.0. The Morgan fingerprint density at radius 2 is 2.14 bits per heavy atom. The minimum atomic E-state index is 0.178. The van der Waals surface area contributed by atoms with Crippen LogP contribution in [0.2, 0.25) is 0 Å². The SMILES string of the molecule is CC1CCCN(CC2CCc3[nH]c4ccccc4c3C2=O)C1. The van der Waals surface area contributed by atoms with Crippen molar-refractivity contribution < 1.29 is 4.79 Å². The van der Waals surface area contributed by atoms with E-state index in [1.165, 1.54) is 12.8 Å². The van der Waals surface area contributed by atoms with Crippen LogP contribution in [0.3, 0.4) is 0 Å². The Hall–Kier alpha value is -1.61. The molecule has 1 aliphatic heterocycles. The van der Waals surface area contributed by atoms with E-state index in [1.54, 1.807) is 0 Å². The van der Waals surface area contributed by atoms with Crippen molar-refractivity contribution >= 4 is 16.7 Å². The predicted octanol–water partition coefficient (Wildman–Crippen LogP) is 3.64. The van der Waals surface area contributed by atoms with E-state index in [9.17, 15) is 4.79 Å². The Labute approximate surface area is 131 Å². The molecule has 3 heteroatoms. The highest BCUT2D eigenvalue weighted by Crippen LogP contribution is 2.32. The lowest BCUT2D eigenvalue weighted by atomic mass is 9.84. The zero-order valence-electron chi connectivity index (χ0n) is 13.3. The molecule has 1 aliphatic carbocycles. The van der Waals surface area contributed by atoms with Crippen LogP contribution in [0, 0.1) is 11.8 Å². The normalized spacial score (nSPS) is 26.3. The monoisotopic (exact) mass is 296 g/mol. The second-order valence-corrected chi connectivity index (χ2v) is 7.13. The lowest BCUT2D eigenvalue weighted by Crippen LogP contribution is -2.40. The molecule has 3 nitrogen and oxygen atoms in total. The molecular formula is C19H24N2O. The van der Waals surface area contributed by atoms with Gasteiger partial charge in [-0.3, -0.25) is 4.79 Å². The second kappa shape index (κ2) is 5.54. The summed E-state index contributed by atoms with van der Waals surface area (Å²) in [7, 11) is 0. The van der Waals surface area contributed by atoms with Crippen LogP contribution in [-0.2, 0) is 6.42 Å². The van der Waals surface area contributed by atoms with Gasteiger partial charge in [-0.25, -0.2) is 0 Å². The second-order valence-electron chi connectivity index (χ2n) is 7.13. The minimum absolute atomic E-state index is 0.178. The number of hydrogen-bond acceptors (Lipinski definition) is 2. The molecule has 4 rings (SSSR count). The molecule has 116 valence electrons. The van der Waals surface area contributed by atoms with Gasteiger partial charge < -0.3 is 9.88 Å². The number of H-pyrrole nitrogens is 1. The largest absolute Gasteiger partial charge is 0.358 e. The molecule has 2 heterocycles. The van der Waals surface area contributed by atoms with Gasteiger partial charge in [0.25, 0.3) is 0 Å². The Balaban J connectivity index is 1.59. The maximum atomic E-state index is 13.0. The molecule has 0 saturated carbocycles. The van der Waals surface area contributed by atoms with Crippen LogP contribution < -0.4 is 0 Å². The van der Waals surface area contributed by atoms with Crippen molar-refractivity contribution in [1.29, 1.82) is 0 Å². The molecule has 0 amide bonds. The third kappa shape index (κ3) is 2.38. The van der Waals surface area contributed by atoms with Crippen molar-refractivity contribution in [2.75, 3.05) is 19.6 Å². The standard InChI is InChI=1S/C19H24N2O/c1-13-5-4-10-21(11-13)12-14-8-9-17-18(19(14)22)15-6-2-3-7-16(15)20-17/h2-3,6-7,13-14,20H,4-5,8-12H2,1H3. The Morgan fingerprint density at radius 3 is 3.00 bits per heavy atom. The first-order chi connectivity index (χ1) is 10.7. The lowest BCUT2D eigenvalue weighted by molar-refractivity contribution is 0.0826. The number of aromatic nitrogens is 1. The van der Waals surface area contributed by atoms with Gasteiger partial charge in [-0.15, -0.1) is 0 Å². The molecule has 2 aromatic rings. The summed E-state index contributed by atoms with van der Waals surface area (Å²) in [6.07, 6.45) is 4.61. The first-order valence-corrected chi connectivity index (χ1v) is 8.58. The first-order valence-electron chi connectivity index (χ1n) is 8.58. The van der Waals surface area contributed by atoms with Crippen molar-refractivity contribution in [3.05, 3.63) is 35.5 Å². The number of aryl methyl sites for hydroxylation is 1. The fraction of sp³-hybridized carbons (Fsp3) is 0.526. The molecule has 1 fully saturated rings. The number of likely N-dealkylation sites (tertiary alicyclic amines) is 1. The summed E-state index contributed by atoms with van der Waals surface area (Å²) in [6.45, 7) is 5.59. The summed E-state index contributed by atoms with van der Waals surface area (Å²) in [5.74, 6) is 1.31. The molecule has 0 spiro atoms. The van der Waals surface area contributed by atoms with Crippen LogP contribution in [0.4, 0.5) is 0 Å². The van der Waals surface area contributed by atoms with Gasteiger partial charge in [-0.05, 0) is 44.2 Å². The number of Topliss-reactive ketones (excluding diaryl/α,β-unsaturated/α-hetero) is 1. The van der Waals surface area contributed by atoms with Gasteiger partial charge in [-0.2, -0.15) is 0 Å². The number of nitrogens with zero attached hydrogens (tertiary/aromatic N) is 1. The lowest BCUT2D eigenvalue weighted by Gasteiger charge is -2.34. The van der Waals surface area contributed by atoms with Gasteiger partial charge in [0.15, 0.2) is 5.78 Å². The highest BCUT2D eigenvalue weighted by atomic mass is 16.1. The highest BCUT2D eigenvalue weighted by Gasteiger charge is 2.32.